The van der Waals surface area contributed by atoms with E-state index in [4.69, 9.17) is 0 Å². The van der Waals surface area contributed by atoms with Crippen molar-refractivity contribution in [2.24, 2.45) is 0 Å². The van der Waals surface area contributed by atoms with E-state index in [1.807, 2.05) is 0 Å². The fourth-order valence-corrected chi connectivity index (χ4v) is 2.57. The van der Waals surface area contributed by atoms with Gasteiger partial charge in [-0.2, -0.15) is 0 Å². The lowest BCUT2D eigenvalue weighted by Crippen LogP contribution is -2.48. The van der Waals surface area contributed by atoms with E-state index >= 15 is 0 Å². The number of urea groups is 1. The van der Waals surface area contributed by atoms with Crippen LogP contribution < -0.4 is 10.6 Å². The van der Waals surface area contributed by atoms with Crippen LogP contribution in [-0.4, -0.2) is 18.1 Å². The monoisotopic (exact) mass is 224 g/mol. The molecule has 0 aliphatic heterocycles. The maximum atomic E-state index is 11.7. The molecule has 0 aromatic carbocycles. The van der Waals surface area contributed by atoms with Crippen LogP contribution in [0.5, 0.6) is 0 Å². The molecule has 0 spiro atoms. The number of amides is 2. The first kappa shape index (κ1) is 11.7. The second kappa shape index (κ2) is 6.12. The van der Waals surface area contributed by atoms with Gasteiger partial charge in [0.2, 0.25) is 0 Å². The smallest absolute Gasteiger partial charge is 0.315 e. The van der Waals surface area contributed by atoms with Gasteiger partial charge < -0.3 is 10.6 Å². The Bertz CT molecular complexity index is 218. The van der Waals surface area contributed by atoms with Crippen molar-refractivity contribution in [2.75, 3.05) is 0 Å². The van der Waals surface area contributed by atoms with E-state index in [2.05, 4.69) is 10.6 Å². The molecule has 0 atom stereocenters. The Balaban J connectivity index is 1.66. The van der Waals surface area contributed by atoms with Gasteiger partial charge in [-0.25, -0.2) is 4.79 Å². The van der Waals surface area contributed by atoms with Gasteiger partial charge in [-0.1, -0.05) is 32.1 Å². The average molecular weight is 224 g/mol. The van der Waals surface area contributed by atoms with Crippen molar-refractivity contribution in [2.45, 2.75) is 76.3 Å². The van der Waals surface area contributed by atoms with Crippen molar-refractivity contribution >= 4 is 6.03 Å². The summed E-state index contributed by atoms with van der Waals surface area (Å²) in [7, 11) is 0. The Morgan fingerprint density at radius 3 is 1.56 bits per heavy atom. The molecule has 0 bridgehead atoms. The highest BCUT2D eigenvalue weighted by Gasteiger charge is 2.20. The van der Waals surface area contributed by atoms with Crippen LogP contribution in [0.25, 0.3) is 0 Å². The van der Waals surface area contributed by atoms with Gasteiger partial charge in [0.25, 0.3) is 0 Å². The first-order chi connectivity index (χ1) is 7.84. The molecule has 92 valence electrons. The summed E-state index contributed by atoms with van der Waals surface area (Å²) in [4.78, 5) is 11.7. The molecule has 2 fully saturated rings. The Hall–Kier alpha value is -0.730. The zero-order valence-corrected chi connectivity index (χ0v) is 10.1. The van der Waals surface area contributed by atoms with Crippen LogP contribution in [-0.2, 0) is 0 Å². The highest BCUT2D eigenvalue weighted by Crippen LogP contribution is 2.19. The van der Waals surface area contributed by atoms with E-state index in [0.29, 0.717) is 12.1 Å². The minimum absolute atomic E-state index is 0.0651. The Morgan fingerprint density at radius 2 is 1.12 bits per heavy atom. The van der Waals surface area contributed by atoms with Crippen molar-refractivity contribution < 1.29 is 4.79 Å². The lowest BCUT2D eigenvalue weighted by molar-refractivity contribution is 0.222. The van der Waals surface area contributed by atoms with Gasteiger partial charge in [0.15, 0.2) is 0 Å². The predicted molar refractivity (Wildman–Crippen MR) is 65.4 cm³/mol. The number of carbonyl (C=O) groups excluding carboxylic acids is 1. The van der Waals surface area contributed by atoms with Crippen molar-refractivity contribution in [1.82, 2.24) is 10.6 Å². The summed E-state index contributed by atoms with van der Waals surface area (Å²) in [5.41, 5.74) is 0. The van der Waals surface area contributed by atoms with Gasteiger partial charge in [-0.15, -0.1) is 0 Å². The van der Waals surface area contributed by atoms with Crippen LogP contribution in [0.15, 0.2) is 0 Å². The molecule has 0 saturated heterocycles. The third kappa shape index (κ3) is 3.69. The van der Waals surface area contributed by atoms with Gasteiger partial charge in [-0.3, -0.25) is 0 Å². The van der Waals surface area contributed by atoms with E-state index in [-0.39, 0.29) is 6.03 Å². The molecule has 2 rings (SSSR count). The van der Waals surface area contributed by atoms with Crippen LogP contribution in [0.3, 0.4) is 0 Å². The zero-order valence-electron chi connectivity index (χ0n) is 10.1. The fourth-order valence-electron chi connectivity index (χ4n) is 2.57. The quantitative estimate of drug-likeness (QED) is 0.744. The molecule has 2 aliphatic carbocycles. The molecule has 2 N–H and O–H groups in total. The average Bonchev–Trinajstić information content (AvgIpc) is 2.16. The summed E-state index contributed by atoms with van der Waals surface area (Å²) in [5, 5.41) is 6.19. The summed E-state index contributed by atoms with van der Waals surface area (Å²) in [5.74, 6) is 0. The van der Waals surface area contributed by atoms with Gasteiger partial charge in [-0.05, 0) is 32.1 Å². The third-order valence-electron chi connectivity index (χ3n) is 3.88. The summed E-state index contributed by atoms with van der Waals surface area (Å²) in [6.07, 6.45) is 12.5. The summed E-state index contributed by atoms with van der Waals surface area (Å²) >= 11 is 0. The summed E-state index contributed by atoms with van der Waals surface area (Å²) in [6.45, 7) is 0. The van der Waals surface area contributed by atoms with Crippen LogP contribution >= 0.6 is 0 Å². The van der Waals surface area contributed by atoms with Gasteiger partial charge >= 0.3 is 6.03 Å². The SMILES string of the molecule is O=C(NC1CCCCCCC1)NC1CCC1. The lowest BCUT2D eigenvalue weighted by atomic mass is 9.93. The number of carbonyl (C=O) groups is 1. The summed E-state index contributed by atoms with van der Waals surface area (Å²) < 4.78 is 0. The standard InChI is InChI=1S/C13H24N2O/c16-13(15-12-9-6-10-12)14-11-7-4-2-1-3-5-8-11/h11-12H,1-10H2,(H2,14,15,16). The van der Waals surface area contributed by atoms with E-state index in [1.165, 1.54) is 38.5 Å². The maximum Gasteiger partial charge on any atom is 0.315 e. The largest absolute Gasteiger partial charge is 0.335 e. The van der Waals surface area contributed by atoms with E-state index in [0.717, 1.165) is 25.7 Å². The molecular formula is C13H24N2O. The van der Waals surface area contributed by atoms with Crippen molar-refractivity contribution in [1.29, 1.82) is 0 Å². The Labute approximate surface area is 98.4 Å². The molecule has 0 aromatic heterocycles. The van der Waals surface area contributed by atoms with Gasteiger partial charge in [0, 0.05) is 12.1 Å². The number of rotatable bonds is 2. The molecule has 0 heterocycles. The number of hydrogen-bond donors (Lipinski definition) is 2. The number of nitrogens with one attached hydrogen (secondary N) is 2. The fraction of sp³-hybridized carbons (Fsp3) is 0.923. The van der Waals surface area contributed by atoms with Gasteiger partial charge in [0.05, 0.1) is 0 Å². The molecule has 2 amide bonds. The highest BCUT2D eigenvalue weighted by molar-refractivity contribution is 5.74. The van der Waals surface area contributed by atoms with Crippen molar-refractivity contribution in [3.8, 4) is 0 Å². The van der Waals surface area contributed by atoms with E-state index < -0.39 is 0 Å². The Kier molecular flexibility index (Phi) is 4.49. The normalized spacial score (nSPS) is 24.0. The zero-order chi connectivity index (χ0) is 11.2. The molecule has 16 heavy (non-hydrogen) atoms. The second-order valence-electron chi connectivity index (χ2n) is 5.29. The molecule has 0 unspecified atom stereocenters. The highest BCUT2D eigenvalue weighted by atomic mass is 16.2. The van der Waals surface area contributed by atoms with Crippen LogP contribution in [0.1, 0.15) is 64.2 Å². The molecule has 3 nitrogen and oxygen atoms in total. The molecule has 2 saturated carbocycles. The molecular weight excluding hydrogens is 200 g/mol. The van der Waals surface area contributed by atoms with Crippen LogP contribution in [0.4, 0.5) is 4.79 Å². The molecule has 2 aliphatic rings. The topological polar surface area (TPSA) is 41.1 Å². The third-order valence-corrected chi connectivity index (χ3v) is 3.88. The minimum atomic E-state index is 0.0651. The van der Waals surface area contributed by atoms with Crippen molar-refractivity contribution in [3.05, 3.63) is 0 Å². The molecule has 0 aromatic rings. The first-order valence-corrected chi connectivity index (χ1v) is 6.91. The first-order valence-electron chi connectivity index (χ1n) is 6.91. The molecule has 0 radical (unpaired) electrons. The lowest BCUT2D eigenvalue weighted by Gasteiger charge is -2.28. The predicted octanol–water partition coefficient (Wildman–Crippen LogP) is 2.95. The molecule has 3 heteroatoms. The minimum Gasteiger partial charge on any atom is -0.335 e. The van der Waals surface area contributed by atoms with Crippen LogP contribution in [0.2, 0.25) is 0 Å². The van der Waals surface area contributed by atoms with Crippen molar-refractivity contribution in [3.63, 3.8) is 0 Å². The maximum absolute atomic E-state index is 11.7. The number of hydrogen-bond acceptors (Lipinski definition) is 1. The second-order valence-corrected chi connectivity index (χ2v) is 5.29. The Morgan fingerprint density at radius 1 is 0.688 bits per heavy atom. The van der Waals surface area contributed by atoms with Crippen LogP contribution in [0, 0.1) is 0 Å². The van der Waals surface area contributed by atoms with Gasteiger partial charge in [0.1, 0.15) is 0 Å². The van der Waals surface area contributed by atoms with E-state index in [9.17, 15) is 4.79 Å². The van der Waals surface area contributed by atoms with E-state index in [1.54, 1.807) is 0 Å². The summed E-state index contributed by atoms with van der Waals surface area (Å²) in [6, 6.07) is 0.934.